The molecule has 1 amide bonds. The lowest BCUT2D eigenvalue weighted by atomic mass is 10.1. The number of rotatable bonds is 9. The van der Waals surface area contributed by atoms with Crippen LogP contribution in [0, 0.1) is 0 Å². The van der Waals surface area contributed by atoms with Gasteiger partial charge in [-0.05, 0) is 17.7 Å². The SMILES string of the molecule is COCCN(Cc1ccc2c(c1)OCO2)C(=O)CC(CN)OC. The number of ether oxygens (including phenoxy) is 4. The third kappa shape index (κ3) is 4.82. The van der Waals surface area contributed by atoms with Gasteiger partial charge in [0.25, 0.3) is 0 Å². The van der Waals surface area contributed by atoms with Crippen molar-refractivity contribution in [2.45, 2.75) is 19.1 Å². The highest BCUT2D eigenvalue weighted by Crippen LogP contribution is 2.32. The van der Waals surface area contributed by atoms with E-state index in [0.29, 0.717) is 32.0 Å². The summed E-state index contributed by atoms with van der Waals surface area (Å²) in [6, 6.07) is 5.68. The zero-order valence-corrected chi connectivity index (χ0v) is 13.6. The second kappa shape index (κ2) is 8.71. The molecule has 1 unspecified atom stereocenters. The summed E-state index contributed by atoms with van der Waals surface area (Å²) < 4.78 is 21.0. The standard InChI is InChI=1S/C16H24N2O5/c1-20-6-5-18(16(19)8-13(9-17)21-2)10-12-3-4-14-15(7-12)23-11-22-14/h3-4,7,13H,5-6,8-11,17H2,1-2H3. The van der Waals surface area contributed by atoms with Crippen molar-refractivity contribution in [3.8, 4) is 11.5 Å². The van der Waals surface area contributed by atoms with Crippen molar-refractivity contribution >= 4 is 5.91 Å². The number of nitrogens with two attached hydrogens (primary N) is 1. The van der Waals surface area contributed by atoms with Crippen LogP contribution in [0.15, 0.2) is 18.2 Å². The van der Waals surface area contributed by atoms with Gasteiger partial charge in [-0.3, -0.25) is 4.79 Å². The van der Waals surface area contributed by atoms with Crippen LogP contribution < -0.4 is 15.2 Å². The summed E-state index contributed by atoms with van der Waals surface area (Å²) in [4.78, 5) is 14.2. The van der Waals surface area contributed by atoms with Gasteiger partial charge in [-0.1, -0.05) is 6.07 Å². The number of hydrogen-bond donors (Lipinski definition) is 1. The van der Waals surface area contributed by atoms with Crippen LogP contribution >= 0.6 is 0 Å². The molecule has 1 aliphatic heterocycles. The second-order valence-corrected chi connectivity index (χ2v) is 5.29. The zero-order valence-electron chi connectivity index (χ0n) is 13.6. The Morgan fingerprint density at radius 1 is 1.35 bits per heavy atom. The highest BCUT2D eigenvalue weighted by molar-refractivity contribution is 5.76. The Morgan fingerprint density at radius 3 is 2.83 bits per heavy atom. The molecule has 2 rings (SSSR count). The Labute approximate surface area is 136 Å². The molecule has 128 valence electrons. The lowest BCUT2D eigenvalue weighted by Gasteiger charge is -2.24. The van der Waals surface area contributed by atoms with Gasteiger partial charge < -0.3 is 29.6 Å². The monoisotopic (exact) mass is 324 g/mol. The first kappa shape index (κ1) is 17.5. The Kier molecular flexibility index (Phi) is 6.64. The largest absolute Gasteiger partial charge is 0.454 e. The molecule has 1 aromatic carbocycles. The molecule has 0 aromatic heterocycles. The average Bonchev–Trinajstić information content (AvgIpc) is 3.03. The zero-order chi connectivity index (χ0) is 16.7. The number of amides is 1. The lowest BCUT2D eigenvalue weighted by Crippen LogP contribution is -2.37. The maximum Gasteiger partial charge on any atom is 0.231 e. The van der Waals surface area contributed by atoms with E-state index < -0.39 is 0 Å². The van der Waals surface area contributed by atoms with Crippen molar-refractivity contribution in [3.63, 3.8) is 0 Å². The Hall–Kier alpha value is -1.83. The van der Waals surface area contributed by atoms with Gasteiger partial charge in [-0.15, -0.1) is 0 Å². The number of benzene rings is 1. The molecule has 1 heterocycles. The van der Waals surface area contributed by atoms with Crippen LogP contribution in [0.2, 0.25) is 0 Å². The van der Waals surface area contributed by atoms with E-state index in [0.717, 1.165) is 11.3 Å². The fourth-order valence-electron chi connectivity index (χ4n) is 2.34. The lowest BCUT2D eigenvalue weighted by molar-refractivity contribution is -0.134. The van der Waals surface area contributed by atoms with Crippen molar-refractivity contribution in [3.05, 3.63) is 23.8 Å². The molecular weight excluding hydrogens is 300 g/mol. The van der Waals surface area contributed by atoms with Crippen LogP contribution in [0.25, 0.3) is 0 Å². The smallest absolute Gasteiger partial charge is 0.231 e. The molecule has 1 atom stereocenters. The maximum atomic E-state index is 12.5. The summed E-state index contributed by atoms with van der Waals surface area (Å²) in [6.45, 7) is 1.99. The molecular formula is C16H24N2O5. The van der Waals surface area contributed by atoms with Crippen LogP contribution in [0.1, 0.15) is 12.0 Å². The molecule has 0 fully saturated rings. The van der Waals surface area contributed by atoms with Gasteiger partial charge >= 0.3 is 0 Å². The van der Waals surface area contributed by atoms with Crippen molar-refractivity contribution in [2.75, 3.05) is 40.7 Å². The number of carbonyl (C=O) groups is 1. The van der Waals surface area contributed by atoms with Gasteiger partial charge in [-0.2, -0.15) is 0 Å². The summed E-state index contributed by atoms with van der Waals surface area (Å²) in [5, 5.41) is 0. The molecule has 7 nitrogen and oxygen atoms in total. The summed E-state index contributed by atoms with van der Waals surface area (Å²) in [6.07, 6.45) is -0.0225. The van der Waals surface area contributed by atoms with Gasteiger partial charge in [0.1, 0.15) is 0 Å². The number of nitrogens with zero attached hydrogens (tertiary/aromatic N) is 1. The fraction of sp³-hybridized carbons (Fsp3) is 0.562. The Bertz CT molecular complexity index is 519. The molecule has 0 saturated carbocycles. The maximum absolute atomic E-state index is 12.5. The Balaban J connectivity index is 2.04. The van der Waals surface area contributed by atoms with Gasteiger partial charge in [0.2, 0.25) is 12.7 Å². The molecule has 0 spiro atoms. The molecule has 1 aliphatic rings. The van der Waals surface area contributed by atoms with Crippen molar-refractivity contribution in [1.82, 2.24) is 4.90 Å². The van der Waals surface area contributed by atoms with E-state index in [4.69, 9.17) is 24.7 Å². The number of carbonyl (C=O) groups excluding carboxylic acids is 1. The molecule has 7 heteroatoms. The van der Waals surface area contributed by atoms with Gasteiger partial charge in [0.15, 0.2) is 11.5 Å². The first-order chi connectivity index (χ1) is 11.2. The number of hydrogen-bond acceptors (Lipinski definition) is 6. The number of fused-ring (bicyclic) bond motifs is 1. The van der Waals surface area contributed by atoms with Crippen LogP contribution in [0.3, 0.4) is 0 Å². The summed E-state index contributed by atoms with van der Waals surface area (Å²) in [5.41, 5.74) is 6.57. The molecule has 2 N–H and O–H groups in total. The molecule has 0 aliphatic carbocycles. The molecule has 0 saturated heterocycles. The summed E-state index contributed by atoms with van der Waals surface area (Å²) in [7, 11) is 3.17. The quantitative estimate of drug-likeness (QED) is 0.722. The summed E-state index contributed by atoms with van der Waals surface area (Å²) >= 11 is 0. The fourth-order valence-corrected chi connectivity index (χ4v) is 2.34. The Morgan fingerprint density at radius 2 is 2.13 bits per heavy atom. The first-order valence-corrected chi connectivity index (χ1v) is 7.56. The van der Waals surface area contributed by atoms with Gasteiger partial charge in [0.05, 0.1) is 19.1 Å². The van der Waals surface area contributed by atoms with Crippen LogP contribution in [0.4, 0.5) is 0 Å². The molecule has 23 heavy (non-hydrogen) atoms. The predicted molar refractivity (Wildman–Crippen MR) is 84.3 cm³/mol. The van der Waals surface area contributed by atoms with Crippen molar-refractivity contribution < 1.29 is 23.7 Å². The van der Waals surface area contributed by atoms with Crippen molar-refractivity contribution in [2.24, 2.45) is 5.73 Å². The topological polar surface area (TPSA) is 83.2 Å². The van der Waals surface area contributed by atoms with E-state index in [1.54, 1.807) is 19.1 Å². The molecule has 0 bridgehead atoms. The minimum atomic E-state index is -0.274. The number of methoxy groups -OCH3 is 2. The third-order valence-electron chi connectivity index (χ3n) is 3.73. The highest BCUT2D eigenvalue weighted by Gasteiger charge is 2.20. The predicted octanol–water partition coefficient (Wildman–Crippen LogP) is 0.754. The minimum absolute atomic E-state index is 0.0167. The first-order valence-electron chi connectivity index (χ1n) is 7.56. The average molecular weight is 324 g/mol. The van der Waals surface area contributed by atoms with E-state index in [9.17, 15) is 4.79 Å². The van der Waals surface area contributed by atoms with E-state index in [2.05, 4.69) is 0 Å². The van der Waals surface area contributed by atoms with Crippen LogP contribution in [0.5, 0.6) is 11.5 Å². The molecule has 1 aromatic rings. The van der Waals surface area contributed by atoms with Crippen LogP contribution in [-0.4, -0.2) is 57.6 Å². The molecule has 0 radical (unpaired) electrons. The third-order valence-corrected chi connectivity index (χ3v) is 3.73. The van der Waals surface area contributed by atoms with E-state index >= 15 is 0 Å². The second-order valence-electron chi connectivity index (χ2n) is 5.29. The summed E-state index contributed by atoms with van der Waals surface area (Å²) in [5.74, 6) is 1.42. The van der Waals surface area contributed by atoms with E-state index in [1.807, 2.05) is 18.2 Å². The van der Waals surface area contributed by atoms with E-state index in [-0.39, 0.29) is 25.2 Å². The van der Waals surface area contributed by atoms with Gasteiger partial charge in [0, 0.05) is 33.9 Å². The van der Waals surface area contributed by atoms with Crippen LogP contribution in [-0.2, 0) is 20.8 Å². The highest BCUT2D eigenvalue weighted by atomic mass is 16.7. The van der Waals surface area contributed by atoms with Gasteiger partial charge in [-0.25, -0.2) is 0 Å². The minimum Gasteiger partial charge on any atom is -0.454 e. The van der Waals surface area contributed by atoms with Crippen molar-refractivity contribution in [1.29, 1.82) is 0 Å². The normalized spacial score (nSPS) is 13.9. The van der Waals surface area contributed by atoms with E-state index in [1.165, 1.54) is 0 Å².